The van der Waals surface area contributed by atoms with Crippen LogP contribution >= 0.6 is 0 Å². The van der Waals surface area contributed by atoms with Gasteiger partial charge in [-0.2, -0.15) is 0 Å². The molecule has 0 saturated carbocycles. The average Bonchev–Trinajstić information content (AvgIpc) is 2.77. The molecule has 2 aromatic carbocycles. The summed E-state index contributed by atoms with van der Waals surface area (Å²) in [5.74, 6) is -0.882. The Morgan fingerprint density at radius 1 is 1.07 bits per heavy atom. The summed E-state index contributed by atoms with van der Waals surface area (Å²) in [5, 5.41) is 2.61. The lowest BCUT2D eigenvalue weighted by Crippen LogP contribution is -2.41. The molecule has 0 bridgehead atoms. The summed E-state index contributed by atoms with van der Waals surface area (Å²) in [6, 6.07) is 16.3. The van der Waals surface area contributed by atoms with Crippen LogP contribution in [-0.2, 0) is 21.4 Å². The van der Waals surface area contributed by atoms with E-state index in [1.165, 1.54) is 49.6 Å². The first-order valence-corrected chi connectivity index (χ1v) is 10.4. The molecule has 0 aliphatic rings. The van der Waals surface area contributed by atoms with E-state index in [0.717, 1.165) is 10.4 Å². The molecular formula is C21H20FN3O4S. The van der Waals surface area contributed by atoms with Gasteiger partial charge < -0.3 is 10.1 Å². The minimum Gasteiger partial charge on any atom is -0.497 e. The number of sulfonamides is 1. The highest BCUT2D eigenvalue weighted by Gasteiger charge is 2.29. The van der Waals surface area contributed by atoms with Gasteiger partial charge in [-0.1, -0.05) is 18.2 Å². The fourth-order valence-electron chi connectivity index (χ4n) is 2.71. The number of nitrogens with one attached hydrogen (secondary N) is 1. The van der Waals surface area contributed by atoms with E-state index in [2.05, 4.69) is 10.3 Å². The Kier molecular flexibility index (Phi) is 6.63. The van der Waals surface area contributed by atoms with Gasteiger partial charge in [0.25, 0.3) is 10.0 Å². The maximum Gasteiger partial charge on any atom is 0.264 e. The molecule has 0 saturated heterocycles. The number of carbonyl (C=O) groups is 1. The number of hydrogen-bond acceptors (Lipinski definition) is 5. The zero-order chi connectivity index (χ0) is 21.6. The van der Waals surface area contributed by atoms with Gasteiger partial charge >= 0.3 is 0 Å². The van der Waals surface area contributed by atoms with E-state index in [1.807, 2.05) is 0 Å². The van der Waals surface area contributed by atoms with Crippen LogP contribution in [0, 0.1) is 5.82 Å². The number of aromatic nitrogens is 1. The quantitative estimate of drug-likeness (QED) is 0.595. The van der Waals surface area contributed by atoms with E-state index in [-0.39, 0.29) is 17.1 Å². The maximum absolute atomic E-state index is 14.4. The number of anilines is 1. The van der Waals surface area contributed by atoms with Gasteiger partial charge in [-0.3, -0.25) is 14.1 Å². The van der Waals surface area contributed by atoms with Crippen molar-refractivity contribution in [3.05, 3.63) is 84.4 Å². The Hall–Kier alpha value is -3.46. The number of amides is 1. The van der Waals surface area contributed by atoms with Gasteiger partial charge in [0.15, 0.2) is 0 Å². The molecule has 156 valence electrons. The van der Waals surface area contributed by atoms with Gasteiger partial charge in [-0.25, -0.2) is 12.8 Å². The molecule has 0 atom stereocenters. The summed E-state index contributed by atoms with van der Waals surface area (Å²) in [6.07, 6.45) is 1.58. The lowest BCUT2D eigenvalue weighted by Gasteiger charge is -2.24. The summed E-state index contributed by atoms with van der Waals surface area (Å²) < 4.78 is 46.7. The van der Waals surface area contributed by atoms with Crippen LogP contribution in [0.25, 0.3) is 0 Å². The van der Waals surface area contributed by atoms with Crippen molar-refractivity contribution in [2.24, 2.45) is 0 Å². The lowest BCUT2D eigenvalue weighted by molar-refractivity contribution is -0.119. The summed E-state index contributed by atoms with van der Waals surface area (Å²) in [6.45, 7) is -0.477. The van der Waals surface area contributed by atoms with Crippen molar-refractivity contribution < 1.29 is 22.3 Å². The number of carbonyl (C=O) groups excluding carboxylic acids is 1. The summed E-state index contributed by atoms with van der Waals surface area (Å²) in [4.78, 5) is 16.5. The molecule has 3 aromatic rings. The second kappa shape index (κ2) is 9.36. The van der Waals surface area contributed by atoms with Crippen LogP contribution in [0.4, 0.5) is 10.1 Å². The highest BCUT2D eigenvalue weighted by Crippen LogP contribution is 2.27. The van der Waals surface area contributed by atoms with E-state index in [1.54, 1.807) is 24.4 Å². The Morgan fingerprint density at radius 2 is 1.77 bits per heavy atom. The zero-order valence-corrected chi connectivity index (χ0v) is 17.0. The van der Waals surface area contributed by atoms with Gasteiger partial charge in [-0.15, -0.1) is 0 Å². The van der Waals surface area contributed by atoms with Crippen LogP contribution in [0.3, 0.4) is 0 Å². The monoisotopic (exact) mass is 429 g/mol. The summed E-state index contributed by atoms with van der Waals surface area (Å²) in [5.41, 5.74) is 0.391. The van der Waals surface area contributed by atoms with E-state index >= 15 is 0 Å². The van der Waals surface area contributed by atoms with Gasteiger partial charge in [0.2, 0.25) is 5.91 Å². The van der Waals surface area contributed by atoms with Crippen molar-refractivity contribution in [3.63, 3.8) is 0 Å². The number of rotatable bonds is 8. The number of ether oxygens (including phenoxy) is 1. The molecule has 30 heavy (non-hydrogen) atoms. The van der Waals surface area contributed by atoms with Crippen LogP contribution in [0.1, 0.15) is 5.69 Å². The molecule has 1 amide bonds. The van der Waals surface area contributed by atoms with Crippen LogP contribution in [-0.4, -0.2) is 33.0 Å². The van der Waals surface area contributed by atoms with Crippen LogP contribution in [0.5, 0.6) is 5.75 Å². The third kappa shape index (κ3) is 4.93. The highest BCUT2D eigenvalue weighted by molar-refractivity contribution is 7.92. The SMILES string of the molecule is COc1ccc(S(=O)(=O)N(CC(=O)NCc2ccccn2)c2ccccc2F)cc1. The molecule has 7 nitrogen and oxygen atoms in total. The normalized spacial score (nSPS) is 11.0. The molecular weight excluding hydrogens is 409 g/mol. The third-order valence-corrected chi connectivity index (χ3v) is 6.02. The second-order valence-corrected chi connectivity index (χ2v) is 8.10. The second-order valence-electron chi connectivity index (χ2n) is 6.24. The Balaban J connectivity index is 1.88. The van der Waals surface area contributed by atoms with Crippen LogP contribution in [0.2, 0.25) is 0 Å². The summed E-state index contributed by atoms with van der Waals surface area (Å²) >= 11 is 0. The summed E-state index contributed by atoms with van der Waals surface area (Å²) in [7, 11) is -2.76. The van der Waals surface area contributed by atoms with E-state index in [0.29, 0.717) is 11.4 Å². The zero-order valence-electron chi connectivity index (χ0n) is 16.2. The van der Waals surface area contributed by atoms with Crippen LogP contribution < -0.4 is 14.4 Å². The predicted molar refractivity (Wildman–Crippen MR) is 110 cm³/mol. The number of halogens is 1. The van der Waals surface area contributed by atoms with E-state index in [4.69, 9.17) is 4.74 Å². The fourth-order valence-corrected chi connectivity index (χ4v) is 4.14. The predicted octanol–water partition coefficient (Wildman–Crippen LogP) is 2.74. The fraction of sp³-hybridized carbons (Fsp3) is 0.143. The maximum atomic E-state index is 14.4. The minimum absolute atomic E-state index is 0.0934. The average molecular weight is 429 g/mol. The molecule has 1 N–H and O–H groups in total. The van der Waals surface area contributed by atoms with Crippen molar-refractivity contribution in [1.29, 1.82) is 0 Å². The van der Waals surface area contributed by atoms with Gasteiger partial charge in [0, 0.05) is 6.20 Å². The molecule has 9 heteroatoms. The van der Waals surface area contributed by atoms with Crippen molar-refractivity contribution in [2.75, 3.05) is 18.0 Å². The molecule has 0 radical (unpaired) electrons. The van der Waals surface area contributed by atoms with Gasteiger partial charge in [-0.05, 0) is 48.5 Å². The lowest BCUT2D eigenvalue weighted by atomic mass is 10.3. The molecule has 0 aliphatic carbocycles. The Bertz CT molecular complexity index is 1110. The molecule has 0 spiro atoms. The van der Waals surface area contributed by atoms with E-state index < -0.39 is 28.3 Å². The molecule has 1 aromatic heterocycles. The first kappa shape index (κ1) is 21.3. The van der Waals surface area contributed by atoms with Crippen molar-refractivity contribution in [2.45, 2.75) is 11.4 Å². The van der Waals surface area contributed by atoms with E-state index in [9.17, 15) is 17.6 Å². The first-order chi connectivity index (χ1) is 14.4. The number of para-hydroxylation sites is 1. The molecule has 0 aliphatic heterocycles. The number of hydrogen-bond donors (Lipinski definition) is 1. The van der Waals surface area contributed by atoms with Crippen molar-refractivity contribution >= 4 is 21.6 Å². The van der Waals surface area contributed by atoms with Crippen LogP contribution in [0.15, 0.2) is 77.8 Å². The number of pyridine rings is 1. The number of nitrogens with zero attached hydrogens (tertiary/aromatic N) is 2. The highest BCUT2D eigenvalue weighted by atomic mass is 32.2. The van der Waals surface area contributed by atoms with Crippen molar-refractivity contribution in [1.82, 2.24) is 10.3 Å². The molecule has 0 unspecified atom stereocenters. The minimum atomic E-state index is -4.22. The van der Waals surface area contributed by atoms with Gasteiger partial charge in [0.05, 0.1) is 29.9 Å². The largest absolute Gasteiger partial charge is 0.497 e. The first-order valence-electron chi connectivity index (χ1n) is 9.00. The third-order valence-electron chi connectivity index (χ3n) is 4.25. The molecule has 0 fully saturated rings. The molecule has 1 heterocycles. The Labute approximate surface area is 174 Å². The van der Waals surface area contributed by atoms with Gasteiger partial charge in [0.1, 0.15) is 18.1 Å². The number of benzene rings is 2. The molecule has 3 rings (SSSR count). The topological polar surface area (TPSA) is 88.6 Å². The van der Waals surface area contributed by atoms with Crippen molar-refractivity contribution in [3.8, 4) is 5.75 Å². The number of methoxy groups -OCH3 is 1. The smallest absolute Gasteiger partial charge is 0.264 e. The standard InChI is InChI=1S/C21H20FN3O4S/c1-29-17-9-11-18(12-10-17)30(27,28)25(20-8-3-2-7-19(20)22)15-21(26)24-14-16-6-4-5-13-23-16/h2-13H,14-15H2,1H3,(H,24,26). The Morgan fingerprint density at radius 3 is 2.40 bits per heavy atom.